The van der Waals surface area contributed by atoms with Crippen molar-refractivity contribution in [1.29, 1.82) is 0 Å². The molecule has 1 atom stereocenters. The third-order valence-corrected chi connectivity index (χ3v) is 1.96. The molecule has 0 aromatic carbocycles. The van der Waals surface area contributed by atoms with Crippen LogP contribution in [0.25, 0.3) is 0 Å². The van der Waals surface area contributed by atoms with Crippen molar-refractivity contribution in [2.75, 3.05) is 6.61 Å². The van der Waals surface area contributed by atoms with E-state index in [0.717, 1.165) is 12.8 Å². The predicted molar refractivity (Wildman–Crippen MR) is 37.8 cm³/mol. The summed E-state index contributed by atoms with van der Waals surface area (Å²) in [5.74, 6) is -1.96. The van der Waals surface area contributed by atoms with Crippen LogP contribution < -0.4 is 5.32 Å². The van der Waals surface area contributed by atoms with E-state index in [2.05, 4.69) is 0 Å². The molecule has 0 saturated heterocycles. The lowest BCUT2D eigenvalue weighted by Crippen LogP contribution is -2.45. The fraction of sp³-hybridized carbons (Fsp3) is 0.857. The Kier molecular flexibility index (Phi) is 2.80. The highest BCUT2D eigenvalue weighted by Gasteiger charge is 2.42. The maximum atomic E-state index is 11.7. The molecule has 1 aliphatic rings. The number of carbonyl (C=O) groups is 1. The molecule has 2 N–H and O–H groups in total. The quantitative estimate of drug-likeness (QED) is 0.689. The van der Waals surface area contributed by atoms with Gasteiger partial charge in [-0.3, -0.25) is 4.79 Å². The number of hydrogen-bond acceptors (Lipinski definition) is 2. The van der Waals surface area contributed by atoms with Crippen LogP contribution in [0.2, 0.25) is 0 Å². The number of amides is 1. The average molecular weight is 197 g/mol. The summed E-state index contributed by atoms with van der Waals surface area (Å²) in [6.45, 7) is -0.438. The van der Waals surface area contributed by atoms with Crippen LogP contribution in [0.1, 0.15) is 12.8 Å². The molecule has 1 unspecified atom stereocenters. The van der Waals surface area contributed by atoms with Crippen molar-refractivity contribution in [3.63, 3.8) is 0 Å². The fourth-order valence-corrected chi connectivity index (χ4v) is 1.06. The Morgan fingerprint density at radius 1 is 1.54 bits per heavy atom. The summed E-state index contributed by atoms with van der Waals surface area (Å²) in [4.78, 5) is 10.4. The summed E-state index contributed by atoms with van der Waals surface area (Å²) < 4.78 is 35.2. The number of halogens is 3. The number of rotatable bonds is 3. The topological polar surface area (TPSA) is 49.3 Å². The number of hydrogen-bond donors (Lipinski definition) is 2. The molecule has 1 saturated carbocycles. The number of carbonyl (C=O) groups excluding carboxylic acids is 1. The second-order valence-electron chi connectivity index (χ2n) is 3.10. The first-order valence-electron chi connectivity index (χ1n) is 3.93. The summed E-state index contributed by atoms with van der Waals surface area (Å²) in [7, 11) is 0. The highest BCUT2D eigenvalue weighted by atomic mass is 19.4. The molecule has 0 radical (unpaired) electrons. The molecule has 0 aliphatic heterocycles. The average Bonchev–Trinajstić information content (AvgIpc) is 2.80. The molecule has 1 fully saturated rings. The van der Waals surface area contributed by atoms with Gasteiger partial charge in [-0.25, -0.2) is 0 Å². The van der Waals surface area contributed by atoms with Gasteiger partial charge in [0.2, 0.25) is 0 Å². The van der Waals surface area contributed by atoms with Gasteiger partial charge >= 0.3 is 12.1 Å². The van der Waals surface area contributed by atoms with Gasteiger partial charge in [-0.15, -0.1) is 0 Å². The molecule has 13 heavy (non-hydrogen) atoms. The normalized spacial score (nSPS) is 19.7. The maximum Gasteiger partial charge on any atom is 0.471 e. The van der Waals surface area contributed by atoms with E-state index in [9.17, 15) is 18.0 Å². The van der Waals surface area contributed by atoms with Crippen LogP contribution in [0.15, 0.2) is 0 Å². The zero-order chi connectivity index (χ0) is 10.1. The molecule has 1 rings (SSSR count). The molecule has 0 aromatic rings. The Balaban J connectivity index is 2.41. The summed E-state index contributed by atoms with van der Waals surface area (Å²) >= 11 is 0. The van der Waals surface area contributed by atoms with Gasteiger partial charge in [0.25, 0.3) is 0 Å². The van der Waals surface area contributed by atoms with Crippen molar-refractivity contribution in [2.45, 2.75) is 25.1 Å². The van der Waals surface area contributed by atoms with Crippen molar-refractivity contribution in [1.82, 2.24) is 5.32 Å². The fourth-order valence-electron chi connectivity index (χ4n) is 1.06. The van der Waals surface area contributed by atoms with Crippen LogP contribution in [-0.4, -0.2) is 29.8 Å². The molecular formula is C7H10F3NO2. The molecule has 1 aliphatic carbocycles. The monoisotopic (exact) mass is 197 g/mol. The molecule has 76 valence electrons. The lowest BCUT2D eigenvalue weighted by atomic mass is 10.2. The minimum atomic E-state index is -4.86. The van der Waals surface area contributed by atoms with Gasteiger partial charge in [0.05, 0.1) is 12.6 Å². The highest BCUT2D eigenvalue weighted by molar-refractivity contribution is 5.82. The first kappa shape index (κ1) is 10.3. The zero-order valence-corrected chi connectivity index (χ0v) is 6.77. The molecule has 0 bridgehead atoms. The van der Waals surface area contributed by atoms with Gasteiger partial charge < -0.3 is 10.4 Å². The standard InChI is InChI=1S/C7H10F3NO2/c8-7(9,10)6(13)11-5(3-12)4-1-2-4/h4-5,12H,1-3H2,(H,11,13). The van der Waals surface area contributed by atoms with Crippen LogP contribution in [0.4, 0.5) is 13.2 Å². The van der Waals surface area contributed by atoms with Gasteiger partial charge in [0.1, 0.15) is 0 Å². The Morgan fingerprint density at radius 3 is 2.38 bits per heavy atom. The third-order valence-electron chi connectivity index (χ3n) is 1.96. The van der Waals surface area contributed by atoms with Crippen LogP contribution in [0, 0.1) is 5.92 Å². The summed E-state index contributed by atoms with van der Waals surface area (Å²) in [6.07, 6.45) is -3.32. The zero-order valence-electron chi connectivity index (χ0n) is 6.77. The van der Waals surface area contributed by atoms with E-state index in [-0.39, 0.29) is 5.92 Å². The molecule has 1 amide bonds. The van der Waals surface area contributed by atoms with Gasteiger partial charge in [-0.1, -0.05) is 0 Å². The summed E-state index contributed by atoms with van der Waals surface area (Å²) in [5, 5.41) is 10.4. The lowest BCUT2D eigenvalue weighted by Gasteiger charge is -2.16. The Hall–Kier alpha value is -0.780. The van der Waals surface area contributed by atoms with Gasteiger partial charge in [0, 0.05) is 0 Å². The third kappa shape index (κ3) is 2.87. The Morgan fingerprint density at radius 2 is 2.08 bits per heavy atom. The summed E-state index contributed by atoms with van der Waals surface area (Å²) in [6, 6.07) is -0.742. The van der Waals surface area contributed by atoms with Gasteiger partial charge in [-0.2, -0.15) is 13.2 Å². The largest absolute Gasteiger partial charge is 0.471 e. The molecular weight excluding hydrogens is 187 g/mol. The van der Waals surface area contributed by atoms with Crippen molar-refractivity contribution >= 4 is 5.91 Å². The first-order valence-corrected chi connectivity index (χ1v) is 3.93. The van der Waals surface area contributed by atoms with E-state index >= 15 is 0 Å². The van der Waals surface area contributed by atoms with Crippen molar-refractivity contribution in [3.05, 3.63) is 0 Å². The van der Waals surface area contributed by atoms with Crippen molar-refractivity contribution in [3.8, 4) is 0 Å². The minimum Gasteiger partial charge on any atom is -0.394 e. The van der Waals surface area contributed by atoms with Crippen LogP contribution in [-0.2, 0) is 4.79 Å². The molecule has 0 aromatic heterocycles. The molecule has 0 heterocycles. The lowest BCUT2D eigenvalue weighted by molar-refractivity contribution is -0.174. The molecule has 3 nitrogen and oxygen atoms in total. The van der Waals surface area contributed by atoms with E-state index < -0.39 is 24.7 Å². The minimum absolute atomic E-state index is 0.0105. The van der Waals surface area contributed by atoms with E-state index in [1.165, 1.54) is 0 Å². The number of alkyl halides is 3. The van der Waals surface area contributed by atoms with Crippen LogP contribution in [0.5, 0.6) is 0 Å². The second-order valence-corrected chi connectivity index (χ2v) is 3.10. The van der Waals surface area contributed by atoms with Gasteiger partial charge in [-0.05, 0) is 18.8 Å². The number of nitrogens with one attached hydrogen (secondary N) is 1. The second kappa shape index (κ2) is 3.53. The first-order chi connectivity index (χ1) is 5.95. The predicted octanol–water partition coefficient (Wildman–Crippen LogP) is 0.436. The van der Waals surface area contributed by atoms with Crippen molar-refractivity contribution < 1.29 is 23.1 Å². The Bertz CT molecular complexity index is 200. The molecule has 0 spiro atoms. The number of aliphatic hydroxyl groups is 1. The maximum absolute atomic E-state index is 11.7. The van der Waals surface area contributed by atoms with E-state index in [1.54, 1.807) is 5.32 Å². The van der Waals surface area contributed by atoms with E-state index in [4.69, 9.17) is 5.11 Å². The Labute approximate surface area is 72.9 Å². The van der Waals surface area contributed by atoms with Crippen LogP contribution in [0.3, 0.4) is 0 Å². The van der Waals surface area contributed by atoms with E-state index in [0.29, 0.717) is 0 Å². The van der Waals surface area contributed by atoms with E-state index in [1.807, 2.05) is 0 Å². The van der Waals surface area contributed by atoms with Crippen LogP contribution >= 0.6 is 0 Å². The number of aliphatic hydroxyl groups excluding tert-OH is 1. The molecule has 6 heteroatoms. The van der Waals surface area contributed by atoms with Crippen molar-refractivity contribution in [2.24, 2.45) is 5.92 Å². The summed E-state index contributed by atoms with van der Waals surface area (Å²) in [5.41, 5.74) is 0. The van der Waals surface area contributed by atoms with Gasteiger partial charge in [0.15, 0.2) is 0 Å². The SMILES string of the molecule is O=C(NC(CO)C1CC1)C(F)(F)F. The smallest absolute Gasteiger partial charge is 0.394 e. The highest BCUT2D eigenvalue weighted by Crippen LogP contribution is 2.32.